The summed E-state index contributed by atoms with van der Waals surface area (Å²) < 4.78 is 39.9. The second-order valence-electron chi connectivity index (χ2n) is 6.75. The van der Waals surface area contributed by atoms with Gasteiger partial charge < -0.3 is 10.2 Å². The highest BCUT2D eigenvalue weighted by molar-refractivity contribution is 5.93. The fourth-order valence-electron chi connectivity index (χ4n) is 3.09. The van der Waals surface area contributed by atoms with Crippen LogP contribution in [0.4, 0.5) is 13.2 Å². The van der Waals surface area contributed by atoms with E-state index in [-0.39, 0.29) is 17.5 Å². The molecule has 0 spiro atoms. The SMILES string of the molecule is Cn1cc(C(=O)NCC2CCN(C(=O)c3cccc(C(F)(F)F)n3)CC2)cn1. The Morgan fingerprint density at radius 2 is 1.96 bits per heavy atom. The summed E-state index contributed by atoms with van der Waals surface area (Å²) in [7, 11) is 1.72. The van der Waals surface area contributed by atoms with Crippen molar-refractivity contribution in [3.63, 3.8) is 0 Å². The summed E-state index contributed by atoms with van der Waals surface area (Å²) in [6.07, 6.45) is -0.177. The van der Waals surface area contributed by atoms with Crippen molar-refractivity contribution >= 4 is 11.8 Å². The molecule has 1 fully saturated rings. The molecule has 10 heteroatoms. The van der Waals surface area contributed by atoms with E-state index in [1.54, 1.807) is 17.9 Å². The van der Waals surface area contributed by atoms with E-state index in [9.17, 15) is 22.8 Å². The first kappa shape index (κ1) is 19.8. The molecule has 150 valence electrons. The summed E-state index contributed by atoms with van der Waals surface area (Å²) >= 11 is 0. The van der Waals surface area contributed by atoms with Crippen LogP contribution < -0.4 is 5.32 Å². The van der Waals surface area contributed by atoms with Crippen molar-refractivity contribution in [2.45, 2.75) is 19.0 Å². The molecule has 0 saturated carbocycles. The van der Waals surface area contributed by atoms with E-state index in [0.29, 0.717) is 38.0 Å². The predicted molar refractivity (Wildman–Crippen MR) is 93.4 cm³/mol. The molecule has 2 aromatic heterocycles. The number of amides is 2. The van der Waals surface area contributed by atoms with Gasteiger partial charge in [0.25, 0.3) is 11.8 Å². The monoisotopic (exact) mass is 395 g/mol. The van der Waals surface area contributed by atoms with Crippen molar-refractivity contribution in [1.82, 2.24) is 25.0 Å². The van der Waals surface area contributed by atoms with Crippen LogP contribution in [0.2, 0.25) is 0 Å². The molecule has 2 amide bonds. The van der Waals surface area contributed by atoms with Gasteiger partial charge in [0.1, 0.15) is 11.4 Å². The van der Waals surface area contributed by atoms with Crippen LogP contribution in [-0.2, 0) is 13.2 Å². The summed E-state index contributed by atoms with van der Waals surface area (Å²) in [5.41, 5.74) is -0.810. The number of carbonyl (C=O) groups is 2. The number of hydrogen-bond donors (Lipinski definition) is 1. The van der Waals surface area contributed by atoms with Gasteiger partial charge in [-0.15, -0.1) is 0 Å². The van der Waals surface area contributed by atoms with Crippen molar-refractivity contribution in [3.05, 3.63) is 47.5 Å². The maximum Gasteiger partial charge on any atom is 0.433 e. The molecule has 3 rings (SSSR count). The number of alkyl halides is 3. The van der Waals surface area contributed by atoms with Crippen LogP contribution in [-0.4, -0.2) is 51.1 Å². The second kappa shape index (κ2) is 7.99. The summed E-state index contributed by atoms with van der Waals surface area (Å²) in [5, 5.41) is 6.80. The smallest absolute Gasteiger partial charge is 0.352 e. The normalized spacial score (nSPS) is 15.5. The second-order valence-corrected chi connectivity index (χ2v) is 6.75. The average molecular weight is 395 g/mol. The van der Waals surface area contributed by atoms with Crippen LogP contribution in [0, 0.1) is 5.92 Å². The zero-order chi connectivity index (χ0) is 20.3. The van der Waals surface area contributed by atoms with Gasteiger partial charge in [-0.05, 0) is 30.9 Å². The van der Waals surface area contributed by atoms with Crippen LogP contribution >= 0.6 is 0 Å². The Hall–Kier alpha value is -2.91. The van der Waals surface area contributed by atoms with Crippen molar-refractivity contribution in [1.29, 1.82) is 0 Å². The number of nitrogens with zero attached hydrogens (tertiary/aromatic N) is 4. The van der Waals surface area contributed by atoms with Gasteiger partial charge in [0.2, 0.25) is 0 Å². The first-order chi connectivity index (χ1) is 13.2. The lowest BCUT2D eigenvalue weighted by Gasteiger charge is -2.32. The number of likely N-dealkylation sites (tertiary alicyclic amines) is 1. The van der Waals surface area contributed by atoms with Gasteiger partial charge in [0.15, 0.2) is 0 Å². The van der Waals surface area contributed by atoms with Gasteiger partial charge in [-0.1, -0.05) is 6.07 Å². The number of aromatic nitrogens is 3. The molecule has 28 heavy (non-hydrogen) atoms. The number of carbonyl (C=O) groups excluding carboxylic acids is 2. The lowest BCUT2D eigenvalue weighted by Crippen LogP contribution is -2.41. The fourth-order valence-corrected chi connectivity index (χ4v) is 3.09. The molecule has 0 atom stereocenters. The molecule has 7 nitrogen and oxygen atoms in total. The van der Waals surface area contributed by atoms with Crippen LogP contribution in [0.3, 0.4) is 0 Å². The maximum atomic E-state index is 12.8. The highest BCUT2D eigenvalue weighted by Gasteiger charge is 2.33. The van der Waals surface area contributed by atoms with Crippen LogP contribution in [0.1, 0.15) is 39.4 Å². The molecular weight excluding hydrogens is 375 g/mol. The number of pyridine rings is 1. The first-order valence-electron chi connectivity index (χ1n) is 8.84. The Morgan fingerprint density at radius 1 is 1.25 bits per heavy atom. The minimum Gasteiger partial charge on any atom is -0.352 e. The number of hydrogen-bond acceptors (Lipinski definition) is 4. The van der Waals surface area contributed by atoms with E-state index < -0.39 is 17.8 Å². The fraction of sp³-hybridized carbons (Fsp3) is 0.444. The van der Waals surface area contributed by atoms with Gasteiger partial charge in [-0.25, -0.2) is 4.98 Å². The van der Waals surface area contributed by atoms with Gasteiger partial charge in [-0.2, -0.15) is 18.3 Å². The molecule has 3 heterocycles. The highest BCUT2D eigenvalue weighted by atomic mass is 19.4. The third kappa shape index (κ3) is 4.68. The van der Waals surface area contributed by atoms with Crippen LogP contribution in [0.25, 0.3) is 0 Å². The van der Waals surface area contributed by atoms with E-state index in [4.69, 9.17) is 0 Å². The van der Waals surface area contributed by atoms with Crippen LogP contribution in [0.15, 0.2) is 30.6 Å². The Labute approximate surface area is 159 Å². The molecule has 0 aliphatic carbocycles. The number of nitrogens with one attached hydrogen (secondary N) is 1. The number of rotatable bonds is 4. The van der Waals surface area contributed by atoms with Gasteiger partial charge in [0, 0.05) is 32.9 Å². The Bertz CT molecular complexity index is 857. The van der Waals surface area contributed by atoms with Crippen molar-refractivity contribution < 1.29 is 22.8 Å². The topological polar surface area (TPSA) is 80.1 Å². The average Bonchev–Trinajstić information content (AvgIpc) is 3.12. The molecule has 1 aliphatic heterocycles. The molecule has 1 aliphatic rings. The summed E-state index contributed by atoms with van der Waals surface area (Å²) in [5.74, 6) is -0.525. The van der Waals surface area contributed by atoms with E-state index in [2.05, 4.69) is 15.4 Å². The molecule has 2 aromatic rings. The molecule has 0 unspecified atom stereocenters. The summed E-state index contributed by atoms with van der Waals surface area (Å²) in [4.78, 5) is 29.5. The summed E-state index contributed by atoms with van der Waals surface area (Å²) in [6, 6.07) is 3.31. The Morgan fingerprint density at radius 3 is 2.57 bits per heavy atom. The minimum atomic E-state index is -4.59. The largest absolute Gasteiger partial charge is 0.433 e. The van der Waals surface area contributed by atoms with E-state index >= 15 is 0 Å². The third-order valence-electron chi connectivity index (χ3n) is 4.68. The third-order valence-corrected chi connectivity index (χ3v) is 4.68. The molecule has 0 radical (unpaired) electrons. The number of piperidine rings is 1. The van der Waals surface area contributed by atoms with E-state index in [0.717, 1.165) is 6.07 Å². The molecule has 0 bridgehead atoms. The first-order valence-corrected chi connectivity index (χ1v) is 8.84. The predicted octanol–water partition coefficient (Wildman–Crippen LogP) is 2.12. The van der Waals surface area contributed by atoms with Gasteiger partial charge in [0.05, 0.1) is 11.8 Å². The standard InChI is InChI=1S/C18H20F3N5O2/c1-25-11-13(10-23-25)16(27)22-9-12-5-7-26(8-6-12)17(28)14-3-2-4-15(24-14)18(19,20)21/h2-4,10-12H,5-9H2,1H3,(H,22,27). The van der Waals surface area contributed by atoms with Gasteiger partial charge >= 0.3 is 6.18 Å². The van der Waals surface area contributed by atoms with Crippen LogP contribution in [0.5, 0.6) is 0 Å². The summed E-state index contributed by atoms with van der Waals surface area (Å²) in [6.45, 7) is 1.28. The number of aryl methyl sites for hydroxylation is 1. The van der Waals surface area contributed by atoms with E-state index in [1.807, 2.05) is 0 Å². The van der Waals surface area contributed by atoms with E-state index in [1.165, 1.54) is 23.2 Å². The molecule has 0 aromatic carbocycles. The zero-order valence-corrected chi connectivity index (χ0v) is 15.2. The van der Waals surface area contributed by atoms with Crippen molar-refractivity contribution in [2.24, 2.45) is 13.0 Å². The lowest BCUT2D eigenvalue weighted by molar-refractivity contribution is -0.141. The molecule has 1 saturated heterocycles. The van der Waals surface area contributed by atoms with Crippen molar-refractivity contribution in [2.75, 3.05) is 19.6 Å². The number of halogens is 3. The zero-order valence-electron chi connectivity index (χ0n) is 15.2. The quantitative estimate of drug-likeness (QED) is 0.860. The Kier molecular flexibility index (Phi) is 5.66. The highest BCUT2D eigenvalue weighted by Crippen LogP contribution is 2.27. The minimum absolute atomic E-state index is 0.194. The molecule has 1 N–H and O–H groups in total. The Balaban J connectivity index is 1.51. The van der Waals surface area contributed by atoms with Crippen molar-refractivity contribution in [3.8, 4) is 0 Å². The molecular formula is C18H20F3N5O2. The van der Waals surface area contributed by atoms with Gasteiger partial charge in [-0.3, -0.25) is 14.3 Å². The maximum absolute atomic E-state index is 12.8. The lowest BCUT2D eigenvalue weighted by atomic mass is 9.96.